The summed E-state index contributed by atoms with van der Waals surface area (Å²) in [5.74, 6) is -1.47. The van der Waals surface area contributed by atoms with Gasteiger partial charge in [0, 0.05) is 25.4 Å². The second-order valence-corrected chi connectivity index (χ2v) is 4.78. The number of hydrogen-bond donors (Lipinski definition) is 1. The van der Waals surface area contributed by atoms with E-state index in [1.165, 1.54) is 4.90 Å². The SMILES string of the molecule is O=C(O)CC[C@@H]1CCCCN1C(=O)CCC(F)(F)F. The molecule has 1 aliphatic rings. The van der Waals surface area contributed by atoms with E-state index in [-0.39, 0.29) is 12.5 Å². The van der Waals surface area contributed by atoms with E-state index in [0.717, 1.165) is 12.8 Å². The number of likely N-dealkylation sites (tertiary alicyclic amines) is 1. The Bertz CT molecular complexity index is 331. The predicted octanol–water partition coefficient (Wildman–Crippen LogP) is 2.57. The van der Waals surface area contributed by atoms with E-state index in [2.05, 4.69) is 0 Å². The summed E-state index contributed by atoms with van der Waals surface area (Å²) < 4.78 is 36.3. The maximum Gasteiger partial charge on any atom is 0.389 e. The van der Waals surface area contributed by atoms with Gasteiger partial charge in [0.25, 0.3) is 0 Å². The number of hydrogen-bond acceptors (Lipinski definition) is 2. The van der Waals surface area contributed by atoms with Crippen LogP contribution in [0, 0.1) is 0 Å². The number of nitrogens with zero attached hydrogens (tertiary/aromatic N) is 1. The van der Waals surface area contributed by atoms with Crippen LogP contribution in [0.5, 0.6) is 0 Å². The molecule has 1 N–H and O–H groups in total. The van der Waals surface area contributed by atoms with E-state index >= 15 is 0 Å². The van der Waals surface area contributed by atoms with E-state index < -0.39 is 30.9 Å². The number of aliphatic carboxylic acids is 1. The van der Waals surface area contributed by atoms with Gasteiger partial charge in [0.15, 0.2) is 0 Å². The topological polar surface area (TPSA) is 57.6 Å². The molecule has 7 heteroatoms. The minimum atomic E-state index is -4.33. The van der Waals surface area contributed by atoms with Gasteiger partial charge in [-0.1, -0.05) is 0 Å². The van der Waals surface area contributed by atoms with Gasteiger partial charge < -0.3 is 10.0 Å². The van der Waals surface area contributed by atoms with Crippen molar-refractivity contribution in [2.45, 2.75) is 57.2 Å². The van der Waals surface area contributed by atoms with Crippen molar-refractivity contribution in [3.8, 4) is 0 Å². The highest BCUT2D eigenvalue weighted by atomic mass is 19.4. The third kappa shape index (κ3) is 5.94. The fraction of sp³-hybridized carbons (Fsp3) is 0.833. The highest BCUT2D eigenvalue weighted by Crippen LogP contribution is 2.25. The molecule has 1 amide bonds. The number of carboxylic acid groups (broad SMARTS) is 1. The highest BCUT2D eigenvalue weighted by molar-refractivity contribution is 5.76. The van der Waals surface area contributed by atoms with Crippen LogP contribution in [0.1, 0.15) is 44.9 Å². The van der Waals surface area contributed by atoms with Gasteiger partial charge in [-0.3, -0.25) is 9.59 Å². The lowest BCUT2D eigenvalue weighted by Gasteiger charge is -2.36. The lowest BCUT2D eigenvalue weighted by Crippen LogP contribution is -2.44. The van der Waals surface area contributed by atoms with Crippen LogP contribution in [0.15, 0.2) is 0 Å². The molecule has 110 valence electrons. The first-order chi connectivity index (χ1) is 8.79. The Labute approximate surface area is 109 Å². The smallest absolute Gasteiger partial charge is 0.389 e. The van der Waals surface area contributed by atoms with Crippen molar-refractivity contribution in [3.63, 3.8) is 0 Å². The van der Waals surface area contributed by atoms with Crippen LogP contribution in [0.3, 0.4) is 0 Å². The first kappa shape index (κ1) is 15.8. The minimum absolute atomic E-state index is 0.0618. The summed E-state index contributed by atoms with van der Waals surface area (Å²) in [5, 5.41) is 8.63. The molecule has 1 fully saturated rings. The van der Waals surface area contributed by atoms with Crippen molar-refractivity contribution in [2.75, 3.05) is 6.54 Å². The lowest BCUT2D eigenvalue weighted by molar-refractivity contribution is -0.151. The fourth-order valence-electron chi connectivity index (χ4n) is 2.31. The normalized spacial score (nSPS) is 20.4. The van der Waals surface area contributed by atoms with Crippen LogP contribution in [0.2, 0.25) is 0 Å². The Morgan fingerprint density at radius 3 is 2.47 bits per heavy atom. The molecule has 1 atom stereocenters. The Morgan fingerprint density at radius 2 is 1.89 bits per heavy atom. The summed E-state index contributed by atoms with van der Waals surface area (Å²) in [5.41, 5.74) is 0. The third-order valence-electron chi connectivity index (χ3n) is 3.26. The van der Waals surface area contributed by atoms with Gasteiger partial charge in [0.05, 0.1) is 6.42 Å². The molecular weight excluding hydrogens is 263 g/mol. The standard InChI is InChI=1S/C12H18F3NO3/c13-12(14,15)7-6-10(17)16-8-2-1-3-9(16)4-5-11(18)19/h9H,1-8H2,(H,18,19)/t9-/m0/s1. The van der Waals surface area contributed by atoms with Gasteiger partial charge in [-0.25, -0.2) is 0 Å². The maximum absolute atomic E-state index is 12.1. The number of carbonyl (C=O) groups excluding carboxylic acids is 1. The predicted molar refractivity (Wildman–Crippen MR) is 61.5 cm³/mol. The van der Waals surface area contributed by atoms with Gasteiger partial charge in [0.1, 0.15) is 0 Å². The molecule has 0 aromatic carbocycles. The summed E-state index contributed by atoms with van der Waals surface area (Å²) >= 11 is 0. The zero-order valence-electron chi connectivity index (χ0n) is 10.6. The number of halogens is 3. The van der Waals surface area contributed by atoms with Crippen molar-refractivity contribution < 1.29 is 27.9 Å². The van der Waals surface area contributed by atoms with Crippen molar-refractivity contribution in [2.24, 2.45) is 0 Å². The molecule has 0 aromatic rings. The Morgan fingerprint density at radius 1 is 1.21 bits per heavy atom. The average molecular weight is 281 g/mol. The van der Waals surface area contributed by atoms with Gasteiger partial charge in [-0.05, 0) is 25.7 Å². The molecule has 4 nitrogen and oxygen atoms in total. The summed E-state index contributed by atoms with van der Waals surface area (Å²) in [4.78, 5) is 23.7. The van der Waals surface area contributed by atoms with Crippen molar-refractivity contribution in [1.82, 2.24) is 4.90 Å². The summed E-state index contributed by atoms with van der Waals surface area (Å²) in [6, 6.07) is -0.231. The van der Waals surface area contributed by atoms with Crippen LogP contribution in [-0.2, 0) is 9.59 Å². The third-order valence-corrected chi connectivity index (χ3v) is 3.26. The van der Waals surface area contributed by atoms with Gasteiger partial charge in [-0.15, -0.1) is 0 Å². The number of carbonyl (C=O) groups is 2. The van der Waals surface area contributed by atoms with E-state index in [1.54, 1.807) is 0 Å². The lowest BCUT2D eigenvalue weighted by atomic mass is 9.97. The summed E-state index contributed by atoms with van der Waals surface area (Å²) in [6.07, 6.45) is -3.43. The van der Waals surface area contributed by atoms with E-state index in [0.29, 0.717) is 19.4 Å². The average Bonchev–Trinajstić information content (AvgIpc) is 2.33. The fourth-order valence-corrected chi connectivity index (χ4v) is 2.31. The Kier molecular flexibility index (Phi) is 5.62. The number of rotatable bonds is 5. The zero-order valence-corrected chi connectivity index (χ0v) is 10.6. The monoisotopic (exact) mass is 281 g/mol. The largest absolute Gasteiger partial charge is 0.481 e. The molecule has 19 heavy (non-hydrogen) atoms. The molecule has 0 saturated carbocycles. The second-order valence-electron chi connectivity index (χ2n) is 4.78. The van der Waals surface area contributed by atoms with Crippen molar-refractivity contribution >= 4 is 11.9 Å². The van der Waals surface area contributed by atoms with E-state index in [1.807, 2.05) is 0 Å². The molecular formula is C12H18F3NO3. The van der Waals surface area contributed by atoms with E-state index in [4.69, 9.17) is 5.11 Å². The molecule has 0 aromatic heterocycles. The van der Waals surface area contributed by atoms with Crippen molar-refractivity contribution in [3.05, 3.63) is 0 Å². The van der Waals surface area contributed by atoms with Crippen molar-refractivity contribution in [1.29, 1.82) is 0 Å². The molecule has 0 spiro atoms. The summed E-state index contributed by atoms with van der Waals surface area (Å²) in [7, 11) is 0. The highest BCUT2D eigenvalue weighted by Gasteiger charge is 2.32. The van der Waals surface area contributed by atoms with Gasteiger partial charge in [-0.2, -0.15) is 13.2 Å². The first-order valence-corrected chi connectivity index (χ1v) is 6.37. The van der Waals surface area contributed by atoms with Crippen LogP contribution in [0.4, 0.5) is 13.2 Å². The van der Waals surface area contributed by atoms with Gasteiger partial charge in [0.2, 0.25) is 5.91 Å². The molecule has 0 radical (unpaired) electrons. The second kappa shape index (κ2) is 6.77. The van der Waals surface area contributed by atoms with Crippen LogP contribution in [-0.4, -0.2) is 40.6 Å². The summed E-state index contributed by atoms with van der Waals surface area (Å²) in [6.45, 7) is 0.432. The Hall–Kier alpha value is -1.27. The zero-order chi connectivity index (χ0) is 14.5. The van der Waals surface area contributed by atoms with Gasteiger partial charge >= 0.3 is 12.1 Å². The molecule has 0 unspecified atom stereocenters. The van der Waals surface area contributed by atoms with Crippen LogP contribution < -0.4 is 0 Å². The van der Waals surface area contributed by atoms with E-state index in [9.17, 15) is 22.8 Å². The minimum Gasteiger partial charge on any atom is -0.481 e. The van der Waals surface area contributed by atoms with Crippen LogP contribution in [0.25, 0.3) is 0 Å². The Balaban J connectivity index is 2.50. The van der Waals surface area contributed by atoms with Crippen LogP contribution >= 0.6 is 0 Å². The number of alkyl halides is 3. The number of amides is 1. The molecule has 1 heterocycles. The molecule has 0 bridgehead atoms. The quantitative estimate of drug-likeness (QED) is 0.842. The number of piperidine rings is 1. The molecule has 0 aliphatic carbocycles. The molecule has 1 rings (SSSR count). The molecule has 1 saturated heterocycles. The number of carboxylic acids is 1. The molecule has 1 aliphatic heterocycles. The maximum atomic E-state index is 12.1. The first-order valence-electron chi connectivity index (χ1n) is 6.37.